The lowest BCUT2D eigenvalue weighted by atomic mass is 9.95. The number of hydrogen-bond acceptors (Lipinski definition) is 4. The maximum Gasteiger partial charge on any atom is 0.305 e. The standard InChI is InChI=1S/C14H19N3O3/c1-15-12-9-5-8-11(13(12)17(19)20)14(18)16-10-6-3-2-4-7-10/h5,8-10,15H,2-4,6-7H2,1H3,(H,16,18). The number of anilines is 1. The highest BCUT2D eigenvalue weighted by atomic mass is 16.6. The number of nitro benzene ring substituents is 1. The van der Waals surface area contributed by atoms with E-state index >= 15 is 0 Å². The number of hydrogen-bond donors (Lipinski definition) is 2. The van der Waals surface area contributed by atoms with E-state index in [4.69, 9.17) is 0 Å². The van der Waals surface area contributed by atoms with Crippen molar-refractivity contribution in [2.24, 2.45) is 0 Å². The first-order chi connectivity index (χ1) is 9.63. The van der Waals surface area contributed by atoms with Gasteiger partial charge in [-0.3, -0.25) is 14.9 Å². The second-order valence-corrected chi connectivity index (χ2v) is 5.02. The summed E-state index contributed by atoms with van der Waals surface area (Å²) in [4.78, 5) is 22.9. The van der Waals surface area contributed by atoms with Gasteiger partial charge in [-0.25, -0.2) is 0 Å². The van der Waals surface area contributed by atoms with Crippen LogP contribution in [-0.4, -0.2) is 23.9 Å². The number of nitro groups is 1. The van der Waals surface area contributed by atoms with Crippen LogP contribution in [0.25, 0.3) is 0 Å². The predicted molar refractivity (Wildman–Crippen MR) is 77.0 cm³/mol. The zero-order chi connectivity index (χ0) is 14.5. The highest BCUT2D eigenvalue weighted by Crippen LogP contribution is 2.28. The van der Waals surface area contributed by atoms with Crippen molar-refractivity contribution in [1.82, 2.24) is 5.32 Å². The van der Waals surface area contributed by atoms with Crippen LogP contribution < -0.4 is 10.6 Å². The second kappa shape index (κ2) is 6.36. The predicted octanol–water partition coefficient (Wildman–Crippen LogP) is 2.70. The molecule has 6 heteroatoms. The highest BCUT2D eigenvalue weighted by molar-refractivity contribution is 6.00. The monoisotopic (exact) mass is 277 g/mol. The zero-order valence-electron chi connectivity index (χ0n) is 11.5. The van der Waals surface area contributed by atoms with Gasteiger partial charge in [0.05, 0.1) is 4.92 Å². The third-order valence-corrected chi connectivity index (χ3v) is 3.67. The lowest BCUT2D eigenvalue weighted by Gasteiger charge is -2.22. The molecule has 1 aromatic carbocycles. The molecule has 0 radical (unpaired) electrons. The molecular weight excluding hydrogens is 258 g/mol. The summed E-state index contributed by atoms with van der Waals surface area (Å²) in [5.41, 5.74) is 0.307. The maximum atomic E-state index is 12.3. The van der Waals surface area contributed by atoms with Crippen molar-refractivity contribution in [3.63, 3.8) is 0 Å². The summed E-state index contributed by atoms with van der Waals surface area (Å²) in [6.07, 6.45) is 5.30. The van der Waals surface area contributed by atoms with Crippen LogP contribution in [0.5, 0.6) is 0 Å². The molecule has 2 rings (SSSR count). The van der Waals surface area contributed by atoms with Gasteiger partial charge in [-0.1, -0.05) is 25.3 Å². The van der Waals surface area contributed by atoms with Crippen LogP contribution >= 0.6 is 0 Å². The molecule has 1 saturated carbocycles. The molecule has 1 fully saturated rings. The normalized spacial score (nSPS) is 15.7. The first kappa shape index (κ1) is 14.3. The minimum Gasteiger partial charge on any atom is -0.383 e. The smallest absolute Gasteiger partial charge is 0.305 e. The van der Waals surface area contributed by atoms with Crippen LogP contribution in [0, 0.1) is 10.1 Å². The molecule has 1 aromatic rings. The minimum absolute atomic E-state index is 0.118. The molecule has 1 aliphatic rings. The molecule has 0 bridgehead atoms. The van der Waals surface area contributed by atoms with Crippen molar-refractivity contribution in [3.8, 4) is 0 Å². The third kappa shape index (κ3) is 3.07. The molecule has 0 heterocycles. The van der Waals surface area contributed by atoms with Gasteiger partial charge in [0, 0.05) is 13.1 Å². The van der Waals surface area contributed by atoms with Gasteiger partial charge in [0.2, 0.25) is 0 Å². The number of rotatable bonds is 4. The molecular formula is C14H19N3O3. The van der Waals surface area contributed by atoms with Crippen LogP contribution in [0.2, 0.25) is 0 Å². The summed E-state index contributed by atoms with van der Waals surface area (Å²) in [6.45, 7) is 0. The van der Waals surface area contributed by atoms with Crippen LogP contribution in [0.4, 0.5) is 11.4 Å². The fraction of sp³-hybridized carbons (Fsp3) is 0.500. The Hall–Kier alpha value is -2.11. The molecule has 6 nitrogen and oxygen atoms in total. The number of benzene rings is 1. The summed E-state index contributed by atoms with van der Waals surface area (Å²) in [5.74, 6) is -0.360. The Labute approximate surface area is 117 Å². The van der Waals surface area contributed by atoms with Crippen LogP contribution in [0.15, 0.2) is 18.2 Å². The molecule has 0 unspecified atom stereocenters. The van der Waals surface area contributed by atoms with E-state index in [1.165, 1.54) is 12.5 Å². The van der Waals surface area contributed by atoms with E-state index in [0.29, 0.717) is 5.69 Å². The van der Waals surface area contributed by atoms with Gasteiger partial charge < -0.3 is 10.6 Å². The van der Waals surface area contributed by atoms with E-state index in [1.807, 2.05) is 0 Å². The van der Waals surface area contributed by atoms with Crippen molar-refractivity contribution in [2.75, 3.05) is 12.4 Å². The molecule has 0 spiro atoms. The highest BCUT2D eigenvalue weighted by Gasteiger charge is 2.25. The van der Waals surface area contributed by atoms with E-state index < -0.39 is 4.92 Å². The number of nitrogens with one attached hydrogen (secondary N) is 2. The average molecular weight is 277 g/mol. The van der Waals surface area contributed by atoms with E-state index in [9.17, 15) is 14.9 Å². The number of amides is 1. The SMILES string of the molecule is CNc1cccc(C(=O)NC2CCCCC2)c1[N+](=O)[O-]. The van der Waals surface area contributed by atoms with Gasteiger partial charge in [0.15, 0.2) is 0 Å². The molecule has 0 atom stereocenters. The van der Waals surface area contributed by atoms with E-state index in [0.717, 1.165) is 25.7 Å². The number of nitrogens with zero attached hydrogens (tertiary/aromatic N) is 1. The van der Waals surface area contributed by atoms with Gasteiger partial charge in [-0.15, -0.1) is 0 Å². The number of carbonyl (C=O) groups is 1. The van der Waals surface area contributed by atoms with Crippen molar-refractivity contribution in [1.29, 1.82) is 0 Å². The molecule has 1 amide bonds. The third-order valence-electron chi connectivity index (χ3n) is 3.67. The van der Waals surface area contributed by atoms with E-state index in [2.05, 4.69) is 10.6 Å². The lowest BCUT2D eigenvalue weighted by molar-refractivity contribution is -0.384. The fourth-order valence-corrected chi connectivity index (χ4v) is 2.64. The Morgan fingerprint density at radius 2 is 2.00 bits per heavy atom. The van der Waals surface area contributed by atoms with Gasteiger partial charge >= 0.3 is 5.69 Å². The number of para-hydroxylation sites is 1. The molecule has 0 aliphatic heterocycles. The first-order valence-corrected chi connectivity index (χ1v) is 6.89. The van der Waals surface area contributed by atoms with Gasteiger partial charge in [-0.2, -0.15) is 0 Å². The van der Waals surface area contributed by atoms with Crippen LogP contribution in [0.1, 0.15) is 42.5 Å². The summed E-state index contributed by atoms with van der Waals surface area (Å²) >= 11 is 0. The van der Waals surface area contributed by atoms with Crippen LogP contribution in [0.3, 0.4) is 0 Å². The fourth-order valence-electron chi connectivity index (χ4n) is 2.64. The molecule has 0 saturated heterocycles. The minimum atomic E-state index is -0.512. The topological polar surface area (TPSA) is 84.3 Å². The second-order valence-electron chi connectivity index (χ2n) is 5.02. The molecule has 20 heavy (non-hydrogen) atoms. The molecule has 1 aliphatic carbocycles. The molecule has 108 valence electrons. The molecule has 0 aromatic heterocycles. The maximum absolute atomic E-state index is 12.3. The van der Waals surface area contributed by atoms with E-state index in [-0.39, 0.29) is 23.2 Å². The zero-order valence-corrected chi connectivity index (χ0v) is 11.5. The Bertz CT molecular complexity index is 510. The lowest BCUT2D eigenvalue weighted by Crippen LogP contribution is -2.36. The van der Waals surface area contributed by atoms with Gasteiger partial charge in [-0.05, 0) is 25.0 Å². The van der Waals surface area contributed by atoms with Gasteiger partial charge in [0.25, 0.3) is 5.91 Å². The van der Waals surface area contributed by atoms with Crippen molar-refractivity contribution >= 4 is 17.3 Å². The van der Waals surface area contributed by atoms with Crippen LogP contribution in [-0.2, 0) is 0 Å². The summed E-state index contributed by atoms with van der Waals surface area (Å²) < 4.78 is 0. The summed E-state index contributed by atoms with van der Waals surface area (Å²) in [5, 5.41) is 16.8. The summed E-state index contributed by atoms with van der Waals surface area (Å²) in [7, 11) is 1.60. The Morgan fingerprint density at radius 3 is 2.60 bits per heavy atom. The van der Waals surface area contributed by atoms with Crippen molar-refractivity contribution in [2.45, 2.75) is 38.1 Å². The summed E-state index contributed by atoms with van der Waals surface area (Å²) in [6, 6.07) is 4.87. The quantitative estimate of drug-likeness (QED) is 0.654. The number of carbonyl (C=O) groups excluding carboxylic acids is 1. The van der Waals surface area contributed by atoms with Crippen molar-refractivity contribution < 1.29 is 9.72 Å². The first-order valence-electron chi connectivity index (χ1n) is 6.89. The van der Waals surface area contributed by atoms with E-state index in [1.54, 1.807) is 19.2 Å². The molecule has 2 N–H and O–H groups in total. The Morgan fingerprint density at radius 1 is 1.30 bits per heavy atom. The Balaban J connectivity index is 2.22. The Kier molecular flexibility index (Phi) is 4.55. The largest absolute Gasteiger partial charge is 0.383 e. The average Bonchev–Trinajstić information content (AvgIpc) is 2.47. The van der Waals surface area contributed by atoms with Crippen molar-refractivity contribution in [3.05, 3.63) is 33.9 Å². The van der Waals surface area contributed by atoms with Gasteiger partial charge in [0.1, 0.15) is 11.3 Å².